The zero-order chi connectivity index (χ0) is 18.4. The number of carbonyl (C=O) groups excluding carboxylic acids is 1. The molecule has 1 aliphatic heterocycles. The number of anilines is 2. The molecule has 3 heterocycles. The van der Waals surface area contributed by atoms with Gasteiger partial charge in [-0.05, 0) is 48.1 Å². The number of aliphatic imine (C=N–C) groups is 1. The summed E-state index contributed by atoms with van der Waals surface area (Å²) in [5.41, 5.74) is 4.65. The van der Waals surface area contributed by atoms with Crippen LogP contribution in [0.1, 0.15) is 28.0 Å². The van der Waals surface area contributed by atoms with Crippen molar-refractivity contribution in [2.75, 3.05) is 12.4 Å². The third kappa shape index (κ3) is 2.78. The van der Waals surface area contributed by atoms with Crippen LogP contribution in [0.25, 0.3) is 10.2 Å². The van der Waals surface area contributed by atoms with E-state index in [9.17, 15) is 4.79 Å². The second kappa shape index (κ2) is 6.42. The number of hydrogen-bond donors (Lipinski definition) is 1. The smallest absolute Gasteiger partial charge is 0.309 e. The van der Waals surface area contributed by atoms with E-state index in [-0.39, 0.29) is 11.9 Å². The van der Waals surface area contributed by atoms with Gasteiger partial charge < -0.3 is 10.1 Å². The molecular weight excluding hydrogens is 360 g/mol. The first kappa shape index (κ1) is 16.4. The number of aromatic nitrogens is 2. The van der Waals surface area contributed by atoms with E-state index >= 15 is 0 Å². The average molecular weight is 378 g/mol. The number of hydrogen-bond acceptors (Lipinski definition) is 7. The molecule has 0 amide bonds. The second-order valence-corrected chi connectivity index (χ2v) is 7.96. The molecule has 1 aromatic carbocycles. The number of methoxy groups -OCH3 is 1. The lowest BCUT2D eigenvalue weighted by molar-refractivity contribution is -0.145. The molecule has 1 unspecified atom stereocenters. The Morgan fingerprint density at radius 1 is 1.33 bits per heavy atom. The van der Waals surface area contributed by atoms with Crippen molar-refractivity contribution in [2.24, 2.45) is 10.9 Å². The van der Waals surface area contributed by atoms with Gasteiger partial charge in [0.15, 0.2) is 0 Å². The van der Waals surface area contributed by atoms with Crippen LogP contribution in [-0.4, -0.2) is 29.3 Å². The van der Waals surface area contributed by atoms with Gasteiger partial charge >= 0.3 is 5.97 Å². The highest BCUT2D eigenvalue weighted by molar-refractivity contribution is 7.19. The Labute approximate surface area is 160 Å². The molecule has 0 saturated heterocycles. The topological polar surface area (TPSA) is 76.5 Å². The monoisotopic (exact) mass is 378 g/mol. The molecule has 27 heavy (non-hydrogen) atoms. The number of ether oxygens (including phenoxy) is 1. The molecule has 0 saturated carbocycles. The Hall–Kier alpha value is -2.80. The summed E-state index contributed by atoms with van der Waals surface area (Å²) < 4.78 is 4.93. The van der Waals surface area contributed by atoms with E-state index < -0.39 is 0 Å². The number of rotatable bonds is 3. The van der Waals surface area contributed by atoms with Crippen LogP contribution in [0.2, 0.25) is 0 Å². The lowest BCUT2D eigenvalue weighted by Gasteiger charge is -2.20. The van der Waals surface area contributed by atoms with Crippen LogP contribution in [0.4, 0.5) is 11.5 Å². The third-order valence-corrected chi connectivity index (χ3v) is 6.44. The van der Waals surface area contributed by atoms with E-state index in [0.717, 1.165) is 53.1 Å². The maximum atomic E-state index is 11.9. The summed E-state index contributed by atoms with van der Waals surface area (Å²) >= 11 is 1.66. The van der Waals surface area contributed by atoms with Crippen molar-refractivity contribution in [2.45, 2.75) is 25.8 Å². The Morgan fingerprint density at radius 3 is 3.15 bits per heavy atom. The van der Waals surface area contributed by atoms with Crippen molar-refractivity contribution in [3.63, 3.8) is 0 Å². The van der Waals surface area contributed by atoms with Crippen LogP contribution in [-0.2, 0) is 28.9 Å². The van der Waals surface area contributed by atoms with Gasteiger partial charge in [-0.3, -0.25) is 9.79 Å². The van der Waals surface area contributed by atoms with Crippen LogP contribution >= 0.6 is 11.3 Å². The number of nitrogens with zero attached hydrogens (tertiary/aromatic N) is 3. The van der Waals surface area contributed by atoms with E-state index in [2.05, 4.69) is 38.5 Å². The number of esters is 1. The lowest BCUT2D eigenvalue weighted by atomic mass is 9.88. The quantitative estimate of drug-likeness (QED) is 0.704. The molecule has 1 aliphatic carbocycles. The van der Waals surface area contributed by atoms with Gasteiger partial charge in [-0.1, -0.05) is 6.07 Å². The molecule has 0 fully saturated rings. The number of aryl methyl sites for hydroxylation is 1. The lowest BCUT2D eigenvalue weighted by Crippen LogP contribution is -2.22. The van der Waals surface area contributed by atoms with Gasteiger partial charge in [0.05, 0.1) is 25.0 Å². The summed E-state index contributed by atoms with van der Waals surface area (Å²) in [6.45, 7) is 0.757. The van der Waals surface area contributed by atoms with Crippen molar-refractivity contribution < 1.29 is 9.53 Å². The molecule has 0 radical (unpaired) electrons. The molecule has 136 valence electrons. The normalized spacial score (nSPS) is 17.6. The number of fused-ring (bicyclic) bond motifs is 4. The van der Waals surface area contributed by atoms with Crippen LogP contribution in [0.3, 0.4) is 0 Å². The molecule has 6 nitrogen and oxygen atoms in total. The highest BCUT2D eigenvalue weighted by atomic mass is 32.1. The largest absolute Gasteiger partial charge is 0.469 e. The van der Waals surface area contributed by atoms with Gasteiger partial charge in [-0.15, -0.1) is 11.3 Å². The maximum absolute atomic E-state index is 11.9. The molecule has 3 aromatic rings. The van der Waals surface area contributed by atoms with E-state index in [4.69, 9.17) is 4.74 Å². The standard InChI is InChI=1S/C20H18N4O2S/c1-26-20(25)11-3-5-15-16(7-11)27-19-17(15)18(22-10-23-19)24-14-4-2-12-8-21-9-13(12)6-14/h2,4,6,9-11H,3,5,7-8H2,1H3,(H,22,23,24). The van der Waals surface area contributed by atoms with E-state index in [1.165, 1.54) is 23.1 Å². The molecule has 0 spiro atoms. The predicted molar refractivity (Wildman–Crippen MR) is 106 cm³/mol. The number of nitrogens with one attached hydrogen (secondary N) is 1. The Balaban J connectivity index is 1.52. The SMILES string of the molecule is COC(=O)C1CCc2c(sc3ncnc(Nc4ccc5c(c4)C=NC5)c23)C1. The Kier molecular flexibility index (Phi) is 3.89. The number of benzene rings is 1. The van der Waals surface area contributed by atoms with Gasteiger partial charge in [0.1, 0.15) is 17.0 Å². The molecule has 2 aromatic heterocycles. The minimum absolute atomic E-state index is 0.0593. The highest BCUT2D eigenvalue weighted by Gasteiger charge is 2.29. The van der Waals surface area contributed by atoms with Crippen LogP contribution in [0, 0.1) is 5.92 Å². The second-order valence-electron chi connectivity index (χ2n) is 6.88. The third-order valence-electron chi connectivity index (χ3n) is 5.28. The molecule has 7 heteroatoms. The molecule has 5 rings (SSSR count). The zero-order valence-corrected chi connectivity index (χ0v) is 15.7. The van der Waals surface area contributed by atoms with Crippen molar-refractivity contribution in [3.05, 3.63) is 46.1 Å². The van der Waals surface area contributed by atoms with Crippen LogP contribution < -0.4 is 5.32 Å². The van der Waals surface area contributed by atoms with Crippen LogP contribution in [0.15, 0.2) is 29.5 Å². The zero-order valence-electron chi connectivity index (χ0n) is 14.9. The van der Waals surface area contributed by atoms with E-state index in [1.807, 2.05) is 6.21 Å². The van der Waals surface area contributed by atoms with Gasteiger partial charge in [-0.25, -0.2) is 9.97 Å². The van der Waals surface area contributed by atoms with Crippen molar-refractivity contribution in [1.29, 1.82) is 0 Å². The molecular formula is C20H18N4O2S. The van der Waals surface area contributed by atoms with Gasteiger partial charge in [0.25, 0.3) is 0 Å². The molecule has 1 N–H and O–H groups in total. The molecule has 2 aliphatic rings. The summed E-state index contributed by atoms with van der Waals surface area (Å²) in [6, 6.07) is 6.27. The summed E-state index contributed by atoms with van der Waals surface area (Å²) in [5, 5.41) is 4.54. The fourth-order valence-corrected chi connectivity index (χ4v) is 5.16. The predicted octanol–water partition coefficient (Wildman–Crippen LogP) is 3.65. The first-order valence-electron chi connectivity index (χ1n) is 8.96. The maximum Gasteiger partial charge on any atom is 0.309 e. The summed E-state index contributed by atoms with van der Waals surface area (Å²) in [4.78, 5) is 27.4. The summed E-state index contributed by atoms with van der Waals surface area (Å²) in [6.07, 6.45) is 5.87. The fourth-order valence-electron chi connectivity index (χ4n) is 3.89. The van der Waals surface area contributed by atoms with Gasteiger partial charge in [0, 0.05) is 16.8 Å². The Bertz CT molecular complexity index is 1090. The summed E-state index contributed by atoms with van der Waals surface area (Å²) in [5.74, 6) is 0.641. The van der Waals surface area contributed by atoms with Gasteiger partial charge in [0.2, 0.25) is 0 Å². The highest BCUT2D eigenvalue weighted by Crippen LogP contribution is 2.40. The summed E-state index contributed by atoms with van der Waals surface area (Å²) in [7, 11) is 1.46. The molecule has 0 bridgehead atoms. The van der Waals surface area contributed by atoms with Crippen molar-refractivity contribution in [1.82, 2.24) is 9.97 Å². The van der Waals surface area contributed by atoms with Gasteiger partial charge in [-0.2, -0.15) is 0 Å². The fraction of sp³-hybridized carbons (Fsp3) is 0.300. The first-order valence-corrected chi connectivity index (χ1v) is 9.77. The average Bonchev–Trinajstić information content (AvgIpc) is 3.30. The number of carbonyl (C=O) groups is 1. The molecule has 1 atom stereocenters. The Morgan fingerprint density at radius 2 is 2.26 bits per heavy atom. The van der Waals surface area contributed by atoms with Crippen molar-refractivity contribution >= 4 is 45.2 Å². The minimum atomic E-state index is -0.123. The van der Waals surface area contributed by atoms with E-state index in [0.29, 0.717) is 0 Å². The van der Waals surface area contributed by atoms with Crippen molar-refractivity contribution in [3.8, 4) is 0 Å². The minimum Gasteiger partial charge on any atom is -0.469 e. The van der Waals surface area contributed by atoms with Crippen LogP contribution in [0.5, 0.6) is 0 Å². The van der Waals surface area contributed by atoms with E-state index in [1.54, 1.807) is 17.7 Å². The number of thiophene rings is 1. The first-order chi connectivity index (χ1) is 13.2.